The van der Waals surface area contributed by atoms with E-state index in [0.717, 1.165) is 5.56 Å². The molecular weight excluding hydrogens is 494 g/mol. The Bertz CT molecular complexity index is 1450. The maximum absolute atomic E-state index is 14.1. The molecule has 1 aromatic heterocycles. The van der Waals surface area contributed by atoms with Crippen molar-refractivity contribution in [3.8, 4) is 0 Å². The Morgan fingerprint density at radius 1 is 1.03 bits per heavy atom. The number of rotatable bonds is 7. The molecule has 1 N–H and O–H groups in total. The van der Waals surface area contributed by atoms with Gasteiger partial charge in [0.2, 0.25) is 5.76 Å². The van der Waals surface area contributed by atoms with Crippen LogP contribution in [0.15, 0.2) is 88.4 Å². The third kappa shape index (κ3) is 4.67. The van der Waals surface area contributed by atoms with Crippen molar-refractivity contribution in [3.63, 3.8) is 0 Å². The van der Waals surface area contributed by atoms with Crippen LogP contribution in [0.4, 0.5) is 4.79 Å². The molecule has 9 heteroatoms. The molecule has 0 unspecified atom stereocenters. The number of carboxylic acid groups (broad SMARTS) is 1. The lowest BCUT2D eigenvalue weighted by Gasteiger charge is -2.40. The number of para-hydroxylation sites is 1. The Morgan fingerprint density at radius 2 is 1.62 bits per heavy atom. The number of ether oxygens (including phenoxy) is 1. The summed E-state index contributed by atoms with van der Waals surface area (Å²) >= 11 is 0. The van der Waals surface area contributed by atoms with Crippen molar-refractivity contribution in [2.75, 3.05) is 6.54 Å². The predicted octanol–water partition coefficient (Wildman–Crippen LogP) is 5.94. The zero-order chi connectivity index (χ0) is 27.0. The number of hydrogen-bond acceptors (Lipinski definition) is 6. The number of carbonyl (C=O) groups excluding carboxylic acids is 1. The van der Waals surface area contributed by atoms with Crippen LogP contribution in [0.1, 0.15) is 49.7 Å². The Labute approximate surface area is 215 Å². The second kappa shape index (κ2) is 9.89. The minimum absolute atomic E-state index is 0.181. The summed E-state index contributed by atoms with van der Waals surface area (Å²) in [5.74, 6) is -1.80. The van der Waals surface area contributed by atoms with E-state index in [1.165, 1.54) is 19.9 Å². The first-order valence-electron chi connectivity index (χ1n) is 11.9. The number of sulfonamides is 1. The minimum Gasteiger partial charge on any atom is -0.464 e. The lowest BCUT2D eigenvalue weighted by molar-refractivity contribution is 0.0291. The first-order chi connectivity index (χ1) is 17.5. The zero-order valence-corrected chi connectivity index (χ0v) is 21.9. The molecule has 0 atom stereocenters. The summed E-state index contributed by atoms with van der Waals surface area (Å²) in [6, 6.07) is 17.8. The number of benzene rings is 2. The van der Waals surface area contributed by atoms with E-state index in [0.29, 0.717) is 15.3 Å². The van der Waals surface area contributed by atoms with Gasteiger partial charge in [0.25, 0.3) is 15.0 Å². The van der Waals surface area contributed by atoms with Gasteiger partial charge in [-0.2, -0.15) is 0 Å². The molecule has 2 aromatic carbocycles. The molecule has 0 saturated heterocycles. The average Bonchev–Trinajstić information content (AvgIpc) is 3.29. The highest BCUT2D eigenvalue weighted by Gasteiger charge is 2.57. The maximum atomic E-state index is 14.1. The monoisotopic (exact) mass is 523 g/mol. The van der Waals surface area contributed by atoms with Crippen LogP contribution in [0.5, 0.6) is 0 Å². The summed E-state index contributed by atoms with van der Waals surface area (Å²) in [6.45, 7) is 6.17. The zero-order valence-electron chi connectivity index (χ0n) is 21.0. The fourth-order valence-corrected chi connectivity index (χ4v) is 6.78. The third-order valence-electron chi connectivity index (χ3n) is 6.34. The fraction of sp³-hybridized carbons (Fsp3) is 0.286. The molecular formula is C28H29NO7S. The van der Waals surface area contributed by atoms with Crippen LogP contribution in [-0.2, 0) is 14.8 Å². The van der Waals surface area contributed by atoms with E-state index < -0.39 is 27.0 Å². The Kier molecular flexibility index (Phi) is 7.01. The van der Waals surface area contributed by atoms with Crippen LogP contribution < -0.4 is 0 Å². The SMILES string of the molecule is CC1=CC(c2ccccc2)C=C(C)C1(OC(=O)c1cc2ccccc2o1)S(=O)(=O)N(CC(C)C)C(=O)O. The first kappa shape index (κ1) is 26.2. The predicted molar refractivity (Wildman–Crippen MR) is 140 cm³/mol. The molecule has 0 bridgehead atoms. The van der Waals surface area contributed by atoms with Gasteiger partial charge in [-0.1, -0.05) is 74.5 Å². The summed E-state index contributed by atoms with van der Waals surface area (Å²) in [5.41, 5.74) is 1.71. The van der Waals surface area contributed by atoms with Crippen LogP contribution in [0.3, 0.4) is 0 Å². The van der Waals surface area contributed by atoms with E-state index in [-0.39, 0.29) is 35.3 Å². The molecule has 1 aliphatic carbocycles. The van der Waals surface area contributed by atoms with Crippen LogP contribution in [0.2, 0.25) is 0 Å². The molecule has 4 rings (SSSR count). The molecule has 1 heterocycles. The van der Waals surface area contributed by atoms with Gasteiger partial charge in [-0.25, -0.2) is 22.3 Å². The Morgan fingerprint density at radius 3 is 2.19 bits per heavy atom. The lowest BCUT2D eigenvalue weighted by atomic mass is 9.86. The molecule has 0 radical (unpaired) electrons. The van der Waals surface area contributed by atoms with Gasteiger partial charge in [0.15, 0.2) is 0 Å². The van der Waals surface area contributed by atoms with Gasteiger partial charge in [0.1, 0.15) is 5.58 Å². The number of furan rings is 1. The van der Waals surface area contributed by atoms with E-state index >= 15 is 0 Å². The van der Waals surface area contributed by atoms with Crippen LogP contribution >= 0.6 is 0 Å². The largest absolute Gasteiger partial charge is 0.464 e. The quantitative estimate of drug-likeness (QED) is 0.301. The van der Waals surface area contributed by atoms with Crippen molar-refractivity contribution in [1.29, 1.82) is 0 Å². The summed E-state index contributed by atoms with van der Waals surface area (Å²) in [5, 5.41) is 10.5. The Hall–Kier alpha value is -3.85. The van der Waals surface area contributed by atoms with Crippen LogP contribution in [0.25, 0.3) is 11.0 Å². The molecule has 0 saturated carbocycles. The summed E-state index contributed by atoms with van der Waals surface area (Å²) in [6.07, 6.45) is 1.71. The second-order valence-corrected chi connectivity index (χ2v) is 11.5. The van der Waals surface area contributed by atoms with Gasteiger partial charge in [-0.05, 0) is 48.6 Å². The van der Waals surface area contributed by atoms with Crippen LogP contribution in [0, 0.1) is 5.92 Å². The van der Waals surface area contributed by atoms with Crippen molar-refractivity contribution in [2.45, 2.75) is 38.5 Å². The summed E-state index contributed by atoms with van der Waals surface area (Å²) in [7, 11) is -4.80. The molecule has 0 aliphatic heterocycles. The van der Waals surface area contributed by atoms with Crippen LogP contribution in [-0.4, -0.2) is 41.4 Å². The third-order valence-corrected chi connectivity index (χ3v) is 8.68. The molecule has 194 valence electrons. The number of allylic oxidation sites excluding steroid dienone is 2. The Balaban J connectivity index is 1.86. The van der Waals surface area contributed by atoms with Gasteiger partial charge in [-0.15, -0.1) is 0 Å². The van der Waals surface area contributed by atoms with E-state index in [1.54, 1.807) is 50.3 Å². The second-order valence-electron chi connectivity index (χ2n) is 9.50. The van der Waals surface area contributed by atoms with E-state index in [4.69, 9.17) is 9.15 Å². The number of fused-ring (bicyclic) bond motifs is 1. The molecule has 0 spiro atoms. The normalized spacial score (nSPS) is 19.9. The molecule has 3 aromatic rings. The van der Waals surface area contributed by atoms with Gasteiger partial charge >= 0.3 is 12.1 Å². The van der Waals surface area contributed by atoms with E-state index in [9.17, 15) is 23.1 Å². The topological polar surface area (TPSA) is 114 Å². The minimum atomic E-state index is -4.80. The highest BCUT2D eigenvalue weighted by molar-refractivity contribution is 7.91. The van der Waals surface area contributed by atoms with Crippen molar-refractivity contribution >= 4 is 33.1 Å². The first-order valence-corrected chi connectivity index (χ1v) is 13.3. The maximum Gasteiger partial charge on any atom is 0.421 e. The van der Waals surface area contributed by atoms with Crippen molar-refractivity contribution in [3.05, 3.63) is 95.3 Å². The number of carbonyl (C=O) groups is 2. The highest BCUT2D eigenvalue weighted by atomic mass is 32.2. The smallest absolute Gasteiger partial charge is 0.421 e. The summed E-state index contributed by atoms with van der Waals surface area (Å²) < 4.78 is 40.1. The molecule has 37 heavy (non-hydrogen) atoms. The van der Waals surface area contributed by atoms with Gasteiger partial charge < -0.3 is 14.3 Å². The van der Waals surface area contributed by atoms with E-state index in [1.807, 2.05) is 30.3 Å². The average molecular weight is 524 g/mol. The molecule has 8 nitrogen and oxygen atoms in total. The standard InChI is InChI=1S/C28H29NO7S/c1-18(2)17-29(27(31)32)37(33,34)28(36-26(30)25-16-22-12-8-9-13-24(22)35-25)19(3)14-23(15-20(28)4)21-10-6-5-7-11-21/h5-16,18,23H,17H2,1-4H3,(H,31,32). The number of hydrogen-bond donors (Lipinski definition) is 1. The van der Waals surface area contributed by atoms with E-state index in [2.05, 4.69) is 0 Å². The summed E-state index contributed by atoms with van der Waals surface area (Å²) in [4.78, 5) is 23.2. The van der Waals surface area contributed by atoms with Gasteiger partial charge in [-0.3, -0.25) is 0 Å². The number of esters is 1. The number of nitrogens with zero attached hydrogens (tertiary/aromatic N) is 1. The van der Waals surface area contributed by atoms with Crippen molar-refractivity contribution in [1.82, 2.24) is 4.31 Å². The number of amides is 1. The van der Waals surface area contributed by atoms with Gasteiger partial charge in [0.05, 0.1) is 0 Å². The molecule has 0 fully saturated rings. The fourth-order valence-electron chi connectivity index (χ4n) is 4.63. The van der Waals surface area contributed by atoms with Gasteiger partial charge in [0, 0.05) is 17.8 Å². The lowest BCUT2D eigenvalue weighted by Crippen LogP contribution is -2.55. The molecule has 1 aliphatic rings. The van der Waals surface area contributed by atoms with Crippen molar-refractivity contribution in [2.24, 2.45) is 5.92 Å². The molecule has 1 amide bonds. The van der Waals surface area contributed by atoms with Crippen molar-refractivity contribution < 1.29 is 32.3 Å². The highest BCUT2D eigenvalue weighted by Crippen LogP contribution is 2.45.